The first-order valence-electron chi connectivity index (χ1n) is 11.3. The van der Waals surface area contributed by atoms with Gasteiger partial charge in [0.05, 0.1) is 24.0 Å². The van der Waals surface area contributed by atoms with Crippen molar-refractivity contribution in [1.29, 1.82) is 0 Å². The third-order valence-electron chi connectivity index (χ3n) is 6.16. The lowest BCUT2D eigenvalue weighted by molar-refractivity contribution is 0.153. The van der Waals surface area contributed by atoms with Crippen LogP contribution in [0.4, 0.5) is 5.95 Å². The van der Waals surface area contributed by atoms with Crippen LogP contribution in [0.15, 0.2) is 30.6 Å². The Kier molecular flexibility index (Phi) is 5.42. The van der Waals surface area contributed by atoms with Gasteiger partial charge in [-0.05, 0) is 43.9 Å². The molecule has 32 heavy (non-hydrogen) atoms. The second-order valence-electron chi connectivity index (χ2n) is 8.82. The Morgan fingerprint density at radius 2 is 2.00 bits per heavy atom. The summed E-state index contributed by atoms with van der Waals surface area (Å²) in [6, 6.07) is 6.63. The van der Waals surface area contributed by atoms with Crippen molar-refractivity contribution in [3.8, 4) is 6.01 Å². The molecule has 0 amide bonds. The van der Waals surface area contributed by atoms with E-state index in [1.54, 1.807) is 4.52 Å². The van der Waals surface area contributed by atoms with Crippen molar-refractivity contribution in [1.82, 2.24) is 34.7 Å². The predicted molar refractivity (Wildman–Crippen MR) is 124 cm³/mol. The molecule has 1 saturated heterocycles. The molecule has 9 nitrogen and oxygen atoms in total. The standard InChI is InChI=1S/C23H30N8O/c1-14(2)18-12-26-31-21(18)28-23(32-16-7-6-10-24-11-16)29-22(31)27-15(3)17-8-5-9-20-19(17)13-25-30(20)4/h5,8-9,12-16,24H,6-7,10-11H2,1-4H3,(H,27,28,29). The van der Waals surface area contributed by atoms with Crippen LogP contribution in [0.2, 0.25) is 0 Å². The number of hydrogen-bond acceptors (Lipinski definition) is 7. The molecule has 1 aliphatic heterocycles. The zero-order chi connectivity index (χ0) is 22.2. The Balaban J connectivity index is 1.52. The highest BCUT2D eigenvalue weighted by Gasteiger charge is 2.21. The molecule has 168 valence electrons. The summed E-state index contributed by atoms with van der Waals surface area (Å²) < 4.78 is 9.86. The summed E-state index contributed by atoms with van der Waals surface area (Å²) in [5.74, 6) is 0.912. The lowest BCUT2D eigenvalue weighted by Gasteiger charge is -2.23. The van der Waals surface area contributed by atoms with Gasteiger partial charge in [0.2, 0.25) is 5.95 Å². The Bertz CT molecular complexity index is 1240. The van der Waals surface area contributed by atoms with Crippen LogP contribution in [-0.4, -0.2) is 48.6 Å². The van der Waals surface area contributed by atoms with E-state index in [1.807, 2.05) is 24.1 Å². The van der Waals surface area contributed by atoms with Crippen LogP contribution in [-0.2, 0) is 7.05 Å². The Morgan fingerprint density at radius 1 is 1.12 bits per heavy atom. The molecule has 0 bridgehead atoms. The average Bonchev–Trinajstić information content (AvgIpc) is 3.38. The number of anilines is 1. The first-order valence-corrected chi connectivity index (χ1v) is 11.3. The van der Waals surface area contributed by atoms with E-state index >= 15 is 0 Å². The normalized spacial score (nSPS) is 17.8. The molecule has 4 heterocycles. The fourth-order valence-electron chi connectivity index (χ4n) is 4.35. The zero-order valence-electron chi connectivity index (χ0n) is 19.0. The minimum Gasteiger partial charge on any atom is -0.459 e. The number of fused-ring (bicyclic) bond motifs is 2. The first-order chi connectivity index (χ1) is 15.5. The second kappa shape index (κ2) is 8.38. The molecule has 3 aromatic heterocycles. The van der Waals surface area contributed by atoms with E-state index in [0.29, 0.717) is 17.9 Å². The summed E-state index contributed by atoms with van der Waals surface area (Å²) in [6.45, 7) is 8.25. The Hall–Kier alpha value is -3.20. The number of nitrogens with one attached hydrogen (secondary N) is 2. The molecule has 9 heteroatoms. The number of aromatic nitrogens is 6. The van der Waals surface area contributed by atoms with Gasteiger partial charge in [0.15, 0.2) is 5.65 Å². The fraction of sp³-hybridized carbons (Fsp3) is 0.478. The van der Waals surface area contributed by atoms with Crippen molar-refractivity contribution in [2.24, 2.45) is 7.05 Å². The third-order valence-corrected chi connectivity index (χ3v) is 6.16. The van der Waals surface area contributed by atoms with Gasteiger partial charge in [0.25, 0.3) is 0 Å². The molecular formula is C23H30N8O. The van der Waals surface area contributed by atoms with Gasteiger partial charge in [-0.15, -0.1) is 0 Å². The van der Waals surface area contributed by atoms with Gasteiger partial charge >= 0.3 is 6.01 Å². The molecule has 4 aromatic rings. The van der Waals surface area contributed by atoms with Gasteiger partial charge in [-0.3, -0.25) is 4.68 Å². The van der Waals surface area contributed by atoms with Gasteiger partial charge in [0.1, 0.15) is 6.10 Å². The monoisotopic (exact) mass is 434 g/mol. The Morgan fingerprint density at radius 3 is 2.78 bits per heavy atom. The molecule has 0 aliphatic carbocycles. The maximum Gasteiger partial charge on any atom is 0.322 e. The SMILES string of the molecule is CC(C)c1cnn2c(NC(C)c3cccc4c3cnn4C)nc(OC3CCCNC3)nc12. The lowest BCUT2D eigenvalue weighted by atomic mass is 10.0. The van der Waals surface area contributed by atoms with Gasteiger partial charge in [-0.1, -0.05) is 26.0 Å². The van der Waals surface area contributed by atoms with Crippen LogP contribution in [0.5, 0.6) is 6.01 Å². The van der Waals surface area contributed by atoms with Crippen LogP contribution >= 0.6 is 0 Å². The number of benzene rings is 1. The molecule has 1 fully saturated rings. The van der Waals surface area contributed by atoms with Crippen molar-refractivity contribution in [3.05, 3.63) is 41.7 Å². The van der Waals surface area contributed by atoms with E-state index < -0.39 is 0 Å². The van der Waals surface area contributed by atoms with Crippen LogP contribution in [0, 0.1) is 0 Å². The molecular weight excluding hydrogens is 404 g/mol. The van der Waals surface area contributed by atoms with Crippen molar-refractivity contribution in [2.45, 2.75) is 51.7 Å². The van der Waals surface area contributed by atoms with Crippen LogP contribution in [0.1, 0.15) is 56.7 Å². The summed E-state index contributed by atoms with van der Waals surface area (Å²) in [5, 5.41) is 17.1. The molecule has 2 unspecified atom stereocenters. The second-order valence-corrected chi connectivity index (χ2v) is 8.82. The Labute approximate surface area is 187 Å². The number of hydrogen-bond donors (Lipinski definition) is 2. The van der Waals surface area contributed by atoms with Gasteiger partial charge in [0, 0.05) is 24.5 Å². The van der Waals surface area contributed by atoms with E-state index in [9.17, 15) is 0 Å². The minimum atomic E-state index is -0.0168. The van der Waals surface area contributed by atoms with E-state index in [2.05, 4.69) is 59.8 Å². The molecule has 5 rings (SSSR count). The summed E-state index contributed by atoms with van der Waals surface area (Å²) in [7, 11) is 1.96. The molecule has 0 radical (unpaired) electrons. The summed E-state index contributed by atoms with van der Waals surface area (Å²) in [4.78, 5) is 9.46. The summed E-state index contributed by atoms with van der Waals surface area (Å²) >= 11 is 0. The van der Waals surface area contributed by atoms with Gasteiger partial charge in [-0.2, -0.15) is 24.7 Å². The number of rotatable bonds is 6. The minimum absolute atomic E-state index is 0.0168. The van der Waals surface area contributed by atoms with E-state index in [4.69, 9.17) is 14.7 Å². The number of ether oxygens (including phenoxy) is 1. The van der Waals surface area contributed by atoms with E-state index in [1.165, 1.54) is 0 Å². The topological polar surface area (TPSA) is 94.2 Å². The molecule has 2 N–H and O–H groups in total. The van der Waals surface area contributed by atoms with Crippen molar-refractivity contribution >= 4 is 22.5 Å². The van der Waals surface area contributed by atoms with Crippen molar-refractivity contribution in [2.75, 3.05) is 18.4 Å². The van der Waals surface area contributed by atoms with Crippen LogP contribution in [0.25, 0.3) is 16.6 Å². The number of aryl methyl sites for hydroxylation is 1. The summed E-state index contributed by atoms with van der Waals surface area (Å²) in [6.07, 6.45) is 5.95. The molecule has 2 atom stereocenters. The maximum atomic E-state index is 6.19. The molecule has 0 saturated carbocycles. The van der Waals surface area contributed by atoms with Crippen LogP contribution < -0.4 is 15.4 Å². The predicted octanol–water partition coefficient (Wildman–Crippen LogP) is 3.44. The van der Waals surface area contributed by atoms with E-state index in [-0.39, 0.29) is 12.1 Å². The van der Waals surface area contributed by atoms with Crippen LogP contribution in [0.3, 0.4) is 0 Å². The van der Waals surface area contributed by atoms with Crippen molar-refractivity contribution < 1.29 is 4.74 Å². The molecule has 1 aliphatic rings. The molecule has 0 spiro atoms. The quantitative estimate of drug-likeness (QED) is 0.480. The average molecular weight is 435 g/mol. The smallest absolute Gasteiger partial charge is 0.322 e. The largest absolute Gasteiger partial charge is 0.459 e. The number of nitrogens with zero attached hydrogens (tertiary/aromatic N) is 6. The van der Waals surface area contributed by atoms with Crippen molar-refractivity contribution in [3.63, 3.8) is 0 Å². The highest BCUT2D eigenvalue weighted by molar-refractivity contribution is 5.83. The first kappa shape index (κ1) is 20.7. The molecule has 1 aromatic carbocycles. The van der Waals surface area contributed by atoms with Gasteiger partial charge < -0.3 is 15.4 Å². The number of piperidine rings is 1. The fourth-order valence-corrected chi connectivity index (χ4v) is 4.35. The lowest BCUT2D eigenvalue weighted by Crippen LogP contribution is -2.37. The highest BCUT2D eigenvalue weighted by atomic mass is 16.5. The van der Waals surface area contributed by atoms with E-state index in [0.717, 1.165) is 53.6 Å². The van der Waals surface area contributed by atoms with Gasteiger partial charge in [-0.25, -0.2) is 0 Å². The third kappa shape index (κ3) is 3.77. The summed E-state index contributed by atoms with van der Waals surface area (Å²) in [5.41, 5.74) is 4.10. The maximum absolute atomic E-state index is 6.19. The zero-order valence-corrected chi connectivity index (χ0v) is 19.0. The highest BCUT2D eigenvalue weighted by Crippen LogP contribution is 2.28.